The molecule has 0 aromatic carbocycles. The number of nitrogens with zero attached hydrogens (tertiary/aromatic N) is 3. The first-order valence-electron chi connectivity index (χ1n) is 5.46. The van der Waals surface area contributed by atoms with Crippen LogP contribution in [0.5, 0.6) is 0 Å². The standard InChI is InChI=1S/C11H16N4/c1-7-10-11(14-8(2)13-10)5-4-6-15(11)9(3)12-7/h4-5,7,10H,6H2,1-3H3,(H,13,14). The molecule has 80 valence electrons. The molecule has 4 heteroatoms. The number of aliphatic imine (C=N–C) groups is 2. The highest BCUT2D eigenvalue weighted by Crippen LogP contribution is 2.36. The van der Waals surface area contributed by atoms with Gasteiger partial charge in [0.2, 0.25) is 0 Å². The molecular formula is C11H16N4. The number of hydrogen-bond acceptors (Lipinski definition) is 4. The fourth-order valence-corrected chi connectivity index (χ4v) is 2.96. The van der Waals surface area contributed by atoms with Crippen LogP contribution in [-0.2, 0) is 0 Å². The molecule has 0 saturated heterocycles. The first-order valence-corrected chi connectivity index (χ1v) is 5.46. The zero-order chi connectivity index (χ0) is 10.6. The Hall–Kier alpha value is -1.32. The molecule has 3 unspecified atom stereocenters. The Kier molecular flexibility index (Phi) is 1.56. The summed E-state index contributed by atoms with van der Waals surface area (Å²) in [5.74, 6) is 2.13. The van der Waals surface area contributed by atoms with Gasteiger partial charge >= 0.3 is 0 Å². The molecule has 0 aromatic rings. The fraction of sp³-hybridized carbons (Fsp3) is 0.636. The molecule has 1 N–H and O–H groups in total. The van der Waals surface area contributed by atoms with E-state index in [0.29, 0.717) is 0 Å². The lowest BCUT2D eigenvalue weighted by atomic mass is 9.93. The highest BCUT2D eigenvalue weighted by Gasteiger charge is 2.53. The monoisotopic (exact) mass is 204 g/mol. The summed E-state index contributed by atoms with van der Waals surface area (Å²) in [4.78, 5) is 11.6. The first-order chi connectivity index (χ1) is 7.13. The van der Waals surface area contributed by atoms with E-state index in [-0.39, 0.29) is 17.7 Å². The Morgan fingerprint density at radius 2 is 2.27 bits per heavy atom. The lowest BCUT2D eigenvalue weighted by Gasteiger charge is -2.44. The molecule has 3 atom stereocenters. The third-order valence-electron chi connectivity index (χ3n) is 3.51. The highest BCUT2D eigenvalue weighted by atomic mass is 15.4. The maximum absolute atomic E-state index is 4.66. The minimum Gasteiger partial charge on any atom is -0.346 e. The first kappa shape index (κ1) is 8.95. The molecule has 0 saturated carbocycles. The SMILES string of the molecule is CC1=NC2C(C)N=C(C)N3CC=CC23N1. The van der Waals surface area contributed by atoms with Crippen LogP contribution < -0.4 is 5.32 Å². The number of rotatable bonds is 0. The minimum absolute atomic E-state index is 0.116. The molecule has 4 nitrogen and oxygen atoms in total. The van der Waals surface area contributed by atoms with Crippen LogP contribution in [-0.4, -0.2) is 40.9 Å². The smallest absolute Gasteiger partial charge is 0.157 e. The van der Waals surface area contributed by atoms with Crippen molar-refractivity contribution in [2.24, 2.45) is 9.98 Å². The van der Waals surface area contributed by atoms with Gasteiger partial charge in [0.25, 0.3) is 0 Å². The van der Waals surface area contributed by atoms with Gasteiger partial charge in [-0.1, -0.05) is 6.08 Å². The number of amidine groups is 2. The van der Waals surface area contributed by atoms with Crippen LogP contribution in [0.3, 0.4) is 0 Å². The normalized spacial score (nSPS) is 41.9. The van der Waals surface area contributed by atoms with Crippen molar-refractivity contribution >= 4 is 11.7 Å². The van der Waals surface area contributed by atoms with E-state index in [9.17, 15) is 0 Å². The molecule has 1 spiro atoms. The summed E-state index contributed by atoms with van der Waals surface area (Å²) in [7, 11) is 0. The van der Waals surface area contributed by atoms with Gasteiger partial charge in [0.15, 0.2) is 5.66 Å². The predicted molar refractivity (Wildman–Crippen MR) is 61.2 cm³/mol. The van der Waals surface area contributed by atoms with Crippen molar-refractivity contribution in [3.8, 4) is 0 Å². The lowest BCUT2D eigenvalue weighted by molar-refractivity contribution is 0.185. The van der Waals surface area contributed by atoms with Crippen LogP contribution in [0, 0.1) is 0 Å². The average Bonchev–Trinajstić information content (AvgIpc) is 2.70. The Labute approximate surface area is 89.8 Å². The van der Waals surface area contributed by atoms with E-state index >= 15 is 0 Å². The number of hydrogen-bond donors (Lipinski definition) is 1. The van der Waals surface area contributed by atoms with Crippen LogP contribution in [0.15, 0.2) is 22.1 Å². The van der Waals surface area contributed by atoms with Crippen molar-refractivity contribution in [3.05, 3.63) is 12.2 Å². The zero-order valence-electron chi connectivity index (χ0n) is 9.36. The molecule has 0 aliphatic carbocycles. The second kappa shape index (κ2) is 2.62. The zero-order valence-corrected chi connectivity index (χ0v) is 9.36. The number of nitrogens with one attached hydrogen (secondary N) is 1. The highest BCUT2D eigenvalue weighted by molar-refractivity contribution is 5.88. The largest absolute Gasteiger partial charge is 0.346 e. The van der Waals surface area contributed by atoms with Gasteiger partial charge in [-0.25, -0.2) is 0 Å². The van der Waals surface area contributed by atoms with E-state index in [1.165, 1.54) is 0 Å². The van der Waals surface area contributed by atoms with Gasteiger partial charge in [0.1, 0.15) is 6.04 Å². The molecule has 0 bridgehead atoms. The fourth-order valence-electron chi connectivity index (χ4n) is 2.96. The van der Waals surface area contributed by atoms with Gasteiger partial charge in [0.05, 0.1) is 17.7 Å². The van der Waals surface area contributed by atoms with Crippen LogP contribution in [0.25, 0.3) is 0 Å². The molecule has 15 heavy (non-hydrogen) atoms. The van der Waals surface area contributed by atoms with Crippen molar-refractivity contribution in [3.63, 3.8) is 0 Å². The lowest BCUT2D eigenvalue weighted by Crippen LogP contribution is -2.65. The molecule has 3 aliphatic rings. The molecule has 0 fully saturated rings. The van der Waals surface area contributed by atoms with Gasteiger partial charge in [-0.15, -0.1) is 0 Å². The van der Waals surface area contributed by atoms with Crippen LogP contribution in [0.4, 0.5) is 0 Å². The van der Waals surface area contributed by atoms with Gasteiger partial charge in [-0.3, -0.25) is 9.98 Å². The summed E-state index contributed by atoms with van der Waals surface area (Å²) in [6.45, 7) is 7.19. The van der Waals surface area contributed by atoms with E-state index in [1.54, 1.807) is 0 Å². The molecule has 3 heterocycles. The Balaban J connectivity index is 2.11. The van der Waals surface area contributed by atoms with Gasteiger partial charge in [-0.2, -0.15) is 0 Å². The van der Waals surface area contributed by atoms with Gasteiger partial charge in [0, 0.05) is 6.54 Å². The summed E-state index contributed by atoms with van der Waals surface area (Å²) in [5.41, 5.74) is -0.116. The minimum atomic E-state index is -0.116. The molecule has 0 aromatic heterocycles. The Morgan fingerprint density at radius 1 is 1.47 bits per heavy atom. The maximum atomic E-state index is 4.66. The van der Waals surface area contributed by atoms with E-state index < -0.39 is 0 Å². The van der Waals surface area contributed by atoms with Crippen molar-refractivity contribution in [2.45, 2.75) is 38.5 Å². The molecule has 3 aliphatic heterocycles. The van der Waals surface area contributed by atoms with E-state index in [2.05, 4.69) is 46.2 Å². The topological polar surface area (TPSA) is 40.0 Å². The summed E-state index contributed by atoms with van der Waals surface area (Å²) >= 11 is 0. The second-order valence-electron chi connectivity index (χ2n) is 4.54. The van der Waals surface area contributed by atoms with E-state index in [4.69, 9.17) is 0 Å². The molecule has 0 radical (unpaired) electrons. The average molecular weight is 204 g/mol. The van der Waals surface area contributed by atoms with E-state index in [1.807, 2.05) is 6.92 Å². The van der Waals surface area contributed by atoms with Crippen molar-refractivity contribution < 1.29 is 0 Å². The van der Waals surface area contributed by atoms with Crippen LogP contribution in [0.2, 0.25) is 0 Å². The molecule has 0 amide bonds. The summed E-state index contributed by atoms with van der Waals surface area (Å²) < 4.78 is 0. The quantitative estimate of drug-likeness (QED) is 0.592. The summed E-state index contributed by atoms with van der Waals surface area (Å²) in [6.07, 6.45) is 4.44. The maximum Gasteiger partial charge on any atom is 0.157 e. The Morgan fingerprint density at radius 3 is 3.07 bits per heavy atom. The van der Waals surface area contributed by atoms with Crippen LogP contribution >= 0.6 is 0 Å². The van der Waals surface area contributed by atoms with Crippen molar-refractivity contribution in [2.75, 3.05) is 6.54 Å². The predicted octanol–water partition coefficient (Wildman–Crippen LogP) is 0.765. The summed E-state index contributed by atoms with van der Waals surface area (Å²) in [5, 5.41) is 3.50. The van der Waals surface area contributed by atoms with Crippen molar-refractivity contribution in [1.82, 2.24) is 10.2 Å². The summed E-state index contributed by atoms with van der Waals surface area (Å²) in [6, 6.07) is 0.480. The van der Waals surface area contributed by atoms with Gasteiger partial charge < -0.3 is 10.2 Å². The van der Waals surface area contributed by atoms with Crippen LogP contribution in [0.1, 0.15) is 20.8 Å². The third-order valence-corrected chi connectivity index (χ3v) is 3.51. The Bertz CT molecular complexity index is 395. The third kappa shape index (κ3) is 0.967. The van der Waals surface area contributed by atoms with Crippen molar-refractivity contribution in [1.29, 1.82) is 0 Å². The van der Waals surface area contributed by atoms with Gasteiger partial charge in [-0.05, 0) is 26.8 Å². The molecule has 3 rings (SSSR count). The second-order valence-corrected chi connectivity index (χ2v) is 4.54. The molecular weight excluding hydrogens is 188 g/mol. The van der Waals surface area contributed by atoms with E-state index in [0.717, 1.165) is 18.2 Å².